The van der Waals surface area contributed by atoms with Gasteiger partial charge in [0.2, 0.25) is 11.4 Å². The van der Waals surface area contributed by atoms with Gasteiger partial charge in [-0.25, -0.2) is 0 Å². The zero-order valence-electron chi connectivity index (χ0n) is 18.0. The maximum absolute atomic E-state index is 13.4. The molecule has 2 atom stereocenters. The lowest BCUT2D eigenvalue weighted by molar-refractivity contribution is -0.118. The average molecular weight is 422 g/mol. The van der Waals surface area contributed by atoms with Crippen molar-refractivity contribution in [2.45, 2.75) is 52.4 Å². The fraction of sp³-hybridized carbons (Fsp3) is 0.320. The van der Waals surface area contributed by atoms with Gasteiger partial charge in [0.05, 0.1) is 5.56 Å². The summed E-state index contributed by atoms with van der Waals surface area (Å²) < 4.78 is 11.6. The number of allylic oxidation sites excluding steroid dienone is 4. The van der Waals surface area contributed by atoms with Gasteiger partial charge in [0, 0.05) is 17.2 Å². The molecule has 2 aromatic rings. The number of hydrogen-bond acceptors (Lipinski definition) is 6. The molecule has 0 amide bonds. The molecule has 162 valence electrons. The second kappa shape index (κ2) is 7.46. The van der Waals surface area contributed by atoms with Gasteiger partial charge in [0.1, 0.15) is 23.0 Å². The number of phenolic OH excluding ortho intramolecular Hbond substituents is 2. The SMILES string of the molecule is CC(C)=CCc1cc2c(cc1O)C1(O)C(=O)c3cc(CC=C(C)C)c(O)cc3OC1O2. The van der Waals surface area contributed by atoms with Crippen LogP contribution in [0, 0.1) is 0 Å². The smallest absolute Gasteiger partial charge is 0.281 e. The Morgan fingerprint density at radius 2 is 1.45 bits per heavy atom. The van der Waals surface area contributed by atoms with Crippen LogP contribution in [-0.4, -0.2) is 27.4 Å². The highest BCUT2D eigenvalue weighted by Crippen LogP contribution is 2.50. The van der Waals surface area contributed by atoms with Crippen LogP contribution in [0.3, 0.4) is 0 Å². The van der Waals surface area contributed by atoms with Crippen LogP contribution >= 0.6 is 0 Å². The summed E-state index contributed by atoms with van der Waals surface area (Å²) in [6.07, 6.45) is 3.53. The van der Waals surface area contributed by atoms with Gasteiger partial charge in [-0.05, 0) is 64.3 Å². The Kier molecular flexibility index (Phi) is 5.06. The number of ketones is 1. The van der Waals surface area contributed by atoms with Gasteiger partial charge >= 0.3 is 0 Å². The Bertz CT molecular complexity index is 1140. The van der Waals surface area contributed by atoms with E-state index in [2.05, 4.69) is 0 Å². The third-order valence-corrected chi connectivity index (χ3v) is 5.63. The first-order valence-electron chi connectivity index (χ1n) is 10.2. The first kappa shape index (κ1) is 21.0. The standard InChI is InChI=1S/C25H26O6/c1-13(2)5-7-15-9-17-21(12-20(15)27)30-24-25(29,23(17)28)18-11-19(26)16(8-6-14(3)4)10-22(18)31-24/h5-6,9-12,24,26-27,29H,7-8H2,1-4H3. The molecule has 3 N–H and O–H groups in total. The molecule has 0 saturated heterocycles. The summed E-state index contributed by atoms with van der Waals surface area (Å²) in [6, 6.07) is 5.92. The van der Waals surface area contributed by atoms with Gasteiger partial charge in [-0.2, -0.15) is 0 Å². The molecule has 0 radical (unpaired) electrons. The number of phenols is 2. The summed E-state index contributed by atoms with van der Waals surface area (Å²) >= 11 is 0. The zero-order valence-corrected chi connectivity index (χ0v) is 18.0. The molecule has 4 rings (SSSR count). The molecule has 2 unspecified atom stereocenters. The fourth-order valence-corrected chi connectivity index (χ4v) is 3.84. The van der Waals surface area contributed by atoms with Crippen molar-refractivity contribution in [3.8, 4) is 23.0 Å². The van der Waals surface area contributed by atoms with Gasteiger partial charge in [-0.1, -0.05) is 23.3 Å². The van der Waals surface area contributed by atoms with E-state index in [1.54, 1.807) is 12.1 Å². The van der Waals surface area contributed by atoms with Gasteiger partial charge in [-0.15, -0.1) is 0 Å². The minimum Gasteiger partial charge on any atom is -0.508 e. The molecule has 2 aliphatic rings. The van der Waals surface area contributed by atoms with Crippen molar-refractivity contribution in [1.82, 2.24) is 0 Å². The lowest BCUT2D eigenvalue weighted by Crippen LogP contribution is -2.51. The minimum absolute atomic E-state index is 0.00616. The third kappa shape index (κ3) is 3.47. The first-order valence-corrected chi connectivity index (χ1v) is 10.2. The summed E-state index contributed by atoms with van der Waals surface area (Å²) in [4.78, 5) is 13.4. The van der Waals surface area contributed by atoms with Crippen LogP contribution in [0.5, 0.6) is 23.0 Å². The van der Waals surface area contributed by atoms with Crippen molar-refractivity contribution >= 4 is 5.78 Å². The van der Waals surface area contributed by atoms with Crippen LogP contribution < -0.4 is 9.47 Å². The molecular weight excluding hydrogens is 396 g/mol. The van der Waals surface area contributed by atoms with E-state index in [1.807, 2.05) is 39.8 Å². The van der Waals surface area contributed by atoms with Crippen LogP contribution in [0.2, 0.25) is 0 Å². The number of rotatable bonds is 4. The van der Waals surface area contributed by atoms with E-state index in [9.17, 15) is 20.1 Å². The lowest BCUT2D eigenvalue weighted by atomic mass is 9.83. The van der Waals surface area contributed by atoms with Crippen LogP contribution in [0.4, 0.5) is 0 Å². The summed E-state index contributed by atoms with van der Waals surface area (Å²) in [5, 5.41) is 32.2. The summed E-state index contributed by atoms with van der Waals surface area (Å²) in [6.45, 7) is 7.82. The predicted molar refractivity (Wildman–Crippen MR) is 116 cm³/mol. The highest BCUT2D eigenvalue weighted by Gasteiger charge is 2.59. The summed E-state index contributed by atoms with van der Waals surface area (Å²) in [5.74, 6) is -0.168. The number of carbonyl (C=O) groups is 1. The minimum atomic E-state index is -2.08. The summed E-state index contributed by atoms with van der Waals surface area (Å²) in [5.41, 5.74) is 1.61. The monoisotopic (exact) mass is 422 g/mol. The molecule has 0 aromatic heterocycles. The molecule has 31 heavy (non-hydrogen) atoms. The molecular formula is C25H26O6. The molecule has 2 heterocycles. The third-order valence-electron chi connectivity index (χ3n) is 5.63. The fourth-order valence-electron chi connectivity index (χ4n) is 3.84. The molecule has 2 aromatic carbocycles. The quantitative estimate of drug-likeness (QED) is 0.636. The van der Waals surface area contributed by atoms with E-state index >= 15 is 0 Å². The number of carbonyl (C=O) groups excluding carboxylic acids is 1. The summed E-state index contributed by atoms with van der Waals surface area (Å²) in [7, 11) is 0. The Morgan fingerprint density at radius 1 is 0.903 bits per heavy atom. The van der Waals surface area contributed by atoms with Crippen molar-refractivity contribution in [3.05, 3.63) is 69.8 Å². The highest BCUT2D eigenvalue weighted by atomic mass is 16.7. The maximum Gasteiger partial charge on any atom is 0.281 e. The number of benzene rings is 2. The van der Waals surface area contributed by atoms with Gasteiger partial charge in [-0.3, -0.25) is 4.79 Å². The van der Waals surface area contributed by atoms with E-state index in [0.717, 1.165) is 11.1 Å². The van der Waals surface area contributed by atoms with Crippen LogP contribution in [-0.2, 0) is 18.4 Å². The molecule has 6 nitrogen and oxygen atoms in total. The van der Waals surface area contributed by atoms with Crippen molar-refractivity contribution in [3.63, 3.8) is 0 Å². The van der Waals surface area contributed by atoms with E-state index in [0.29, 0.717) is 24.0 Å². The topological polar surface area (TPSA) is 96.2 Å². The molecule has 0 spiro atoms. The number of ether oxygens (including phenoxy) is 2. The van der Waals surface area contributed by atoms with Crippen molar-refractivity contribution in [2.24, 2.45) is 0 Å². The lowest BCUT2D eigenvalue weighted by Gasteiger charge is -2.33. The van der Waals surface area contributed by atoms with Crippen LogP contribution in [0.1, 0.15) is 54.7 Å². The van der Waals surface area contributed by atoms with Gasteiger partial charge < -0.3 is 24.8 Å². The molecule has 0 saturated carbocycles. The van der Waals surface area contributed by atoms with Gasteiger partial charge in [0.15, 0.2) is 0 Å². The Hall–Kier alpha value is -3.25. The van der Waals surface area contributed by atoms with Crippen molar-refractivity contribution < 1.29 is 29.6 Å². The van der Waals surface area contributed by atoms with E-state index in [1.165, 1.54) is 12.1 Å². The first-order chi connectivity index (χ1) is 14.6. The molecule has 0 aliphatic carbocycles. The molecule has 0 fully saturated rings. The van der Waals surface area contributed by atoms with Crippen molar-refractivity contribution in [2.75, 3.05) is 0 Å². The predicted octanol–water partition coefficient (Wildman–Crippen LogP) is 4.30. The second-order valence-corrected chi connectivity index (χ2v) is 8.59. The zero-order chi connectivity index (χ0) is 22.5. The number of fused-ring (bicyclic) bond motifs is 4. The number of Topliss-reactive ketones (excluding diaryl/α,β-unsaturated/α-hetero) is 1. The molecule has 2 aliphatic heterocycles. The highest BCUT2D eigenvalue weighted by molar-refractivity contribution is 6.07. The van der Waals surface area contributed by atoms with Crippen LogP contribution in [0.15, 0.2) is 47.6 Å². The van der Waals surface area contributed by atoms with E-state index < -0.39 is 17.7 Å². The average Bonchev–Trinajstić information content (AvgIpc) is 2.97. The number of hydrogen-bond donors (Lipinski definition) is 3. The largest absolute Gasteiger partial charge is 0.508 e. The van der Waals surface area contributed by atoms with Crippen molar-refractivity contribution in [1.29, 1.82) is 0 Å². The Labute approximate surface area is 181 Å². The Morgan fingerprint density at radius 3 is 2.06 bits per heavy atom. The molecule has 0 bridgehead atoms. The Balaban J connectivity index is 1.76. The van der Waals surface area contributed by atoms with E-state index in [4.69, 9.17) is 9.47 Å². The number of aromatic hydroxyl groups is 2. The second-order valence-electron chi connectivity index (χ2n) is 8.59. The molecule has 6 heteroatoms. The van der Waals surface area contributed by atoms with E-state index in [-0.39, 0.29) is 34.1 Å². The normalized spacial score (nSPS) is 20.7. The number of aliphatic hydroxyl groups is 1. The van der Waals surface area contributed by atoms with Gasteiger partial charge in [0.25, 0.3) is 6.29 Å². The maximum atomic E-state index is 13.4. The van der Waals surface area contributed by atoms with Crippen LogP contribution in [0.25, 0.3) is 0 Å².